The molecule has 3 unspecified atom stereocenters. The maximum absolute atomic E-state index is 13.4. The molecule has 0 N–H and O–H groups in total. The van der Waals surface area contributed by atoms with Crippen molar-refractivity contribution in [3.05, 3.63) is 27.4 Å². The van der Waals surface area contributed by atoms with Crippen LogP contribution in [0.1, 0.15) is 19.8 Å². The number of hydrogen-bond acceptors (Lipinski definition) is 2. The van der Waals surface area contributed by atoms with Crippen molar-refractivity contribution >= 4 is 43.5 Å². The zero-order valence-electron chi connectivity index (χ0n) is 10.3. The minimum atomic E-state index is -0.486. The summed E-state index contributed by atoms with van der Waals surface area (Å²) in [7, 11) is 0. The zero-order chi connectivity index (χ0) is 14.0. The molecular weight excluding hydrogens is 402 g/mol. The summed E-state index contributed by atoms with van der Waals surface area (Å²) in [6.45, 7) is 2.76. The van der Waals surface area contributed by atoms with Crippen LogP contribution in [0.4, 0.5) is 4.39 Å². The monoisotopic (exact) mass is 414 g/mol. The predicted molar refractivity (Wildman–Crippen MR) is 80.9 cm³/mol. The van der Waals surface area contributed by atoms with Crippen LogP contribution >= 0.6 is 43.5 Å². The molecule has 0 aliphatic heterocycles. The highest BCUT2D eigenvalue weighted by Crippen LogP contribution is 2.37. The average Bonchev–Trinajstić information content (AvgIpc) is 2.35. The molecule has 1 aliphatic carbocycles. The van der Waals surface area contributed by atoms with Gasteiger partial charge in [0.05, 0.1) is 9.50 Å². The largest absolute Gasteiger partial charge is 0.486 e. The van der Waals surface area contributed by atoms with E-state index in [0.29, 0.717) is 21.7 Å². The lowest BCUT2D eigenvalue weighted by atomic mass is 9.91. The molecule has 6 heteroatoms. The van der Waals surface area contributed by atoms with Gasteiger partial charge in [-0.3, -0.25) is 0 Å². The molecule has 1 aromatic rings. The highest BCUT2D eigenvalue weighted by molar-refractivity contribution is 9.10. The Hall–Kier alpha value is 0.160. The number of ether oxygens (including phenoxy) is 2. The normalized spacial score (nSPS) is 26.1. The Morgan fingerprint density at radius 2 is 2.21 bits per heavy atom. The highest BCUT2D eigenvalue weighted by atomic mass is 79.9. The van der Waals surface area contributed by atoms with Gasteiger partial charge in [-0.05, 0) is 28.4 Å². The van der Waals surface area contributed by atoms with Gasteiger partial charge in [0.15, 0.2) is 0 Å². The Bertz CT molecular complexity index is 459. The first-order valence-electron chi connectivity index (χ1n) is 6.09. The van der Waals surface area contributed by atoms with Gasteiger partial charge in [-0.1, -0.05) is 34.5 Å². The second-order valence-electron chi connectivity index (χ2n) is 4.44. The van der Waals surface area contributed by atoms with E-state index >= 15 is 0 Å². The molecule has 0 spiro atoms. The minimum Gasteiger partial charge on any atom is -0.486 e. The van der Waals surface area contributed by atoms with Crippen LogP contribution in [-0.4, -0.2) is 23.6 Å². The Morgan fingerprint density at radius 1 is 1.47 bits per heavy atom. The molecule has 2 rings (SSSR count). The van der Waals surface area contributed by atoms with Gasteiger partial charge in [0.2, 0.25) is 0 Å². The highest BCUT2D eigenvalue weighted by Gasteiger charge is 2.42. The first-order chi connectivity index (χ1) is 9.02. The summed E-state index contributed by atoms with van der Waals surface area (Å²) in [6.07, 6.45) is 1.74. The molecule has 106 valence electrons. The van der Waals surface area contributed by atoms with E-state index in [0.717, 1.165) is 12.8 Å². The molecule has 1 aliphatic rings. The van der Waals surface area contributed by atoms with E-state index in [1.165, 1.54) is 12.1 Å². The van der Waals surface area contributed by atoms with E-state index in [4.69, 9.17) is 21.1 Å². The fourth-order valence-corrected chi connectivity index (χ4v) is 3.46. The molecule has 0 radical (unpaired) electrons. The van der Waals surface area contributed by atoms with Crippen molar-refractivity contribution < 1.29 is 13.9 Å². The second-order valence-corrected chi connectivity index (χ2v) is 6.88. The maximum Gasteiger partial charge on any atom is 0.145 e. The Morgan fingerprint density at radius 3 is 2.84 bits per heavy atom. The smallest absolute Gasteiger partial charge is 0.145 e. The van der Waals surface area contributed by atoms with Crippen molar-refractivity contribution in [2.75, 3.05) is 6.61 Å². The maximum atomic E-state index is 13.4. The lowest BCUT2D eigenvalue weighted by Gasteiger charge is -2.41. The lowest BCUT2D eigenvalue weighted by molar-refractivity contribution is -0.0765. The number of rotatable bonds is 5. The van der Waals surface area contributed by atoms with Gasteiger partial charge >= 0.3 is 0 Å². The SMILES string of the molecule is CCCOC1C(Br)CC1Oc1cc(F)c(Cl)cc1Br. The molecule has 1 fully saturated rings. The van der Waals surface area contributed by atoms with Crippen LogP contribution in [0.25, 0.3) is 0 Å². The van der Waals surface area contributed by atoms with Crippen molar-refractivity contribution in [1.82, 2.24) is 0 Å². The van der Waals surface area contributed by atoms with E-state index in [1.54, 1.807) is 0 Å². The summed E-state index contributed by atoms with van der Waals surface area (Å²) in [4.78, 5) is 0.292. The Labute approximate surface area is 133 Å². The van der Waals surface area contributed by atoms with Gasteiger partial charge in [0.25, 0.3) is 0 Å². The number of hydrogen-bond donors (Lipinski definition) is 0. The number of benzene rings is 1. The van der Waals surface area contributed by atoms with Crippen LogP contribution in [0.2, 0.25) is 5.02 Å². The topological polar surface area (TPSA) is 18.5 Å². The summed E-state index contributed by atoms with van der Waals surface area (Å²) in [5.41, 5.74) is 0. The Balaban J connectivity index is 2.03. The van der Waals surface area contributed by atoms with Gasteiger partial charge < -0.3 is 9.47 Å². The third-order valence-corrected chi connectivity index (χ3v) is 4.75. The van der Waals surface area contributed by atoms with E-state index in [9.17, 15) is 4.39 Å². The van der Waals surface area contributed by atoms with E-state index in [1.807, 2.05) is 0 Å². The third-order valence-electron chi connectivity index (χ3n) is 2.95. The molecule has 0 saturated heterocycles. The summed E-state index contributed by atoms with van der Waals surface area (Å²) < 4.78 is 25.6. The fourth-order valence-electron chi connectivity index (χ4n) is 1.87. The van der Waals surface area contributed by atoms with Crippen molar-refractivity contribution in [3.63, 3.8) is 0 Å². The van der Waals surface area contributed by atoms with Crippen LogP contribution < -0.4 is 4.74 Å². The van der Waals surface area contributed by atoms with E-state index in [-0.39, 0.29) is 17.2 Å². The predicted octanol–water partition coefficient (Wildman–Crippen LogP) is 4.95. The van der Waals surface area contributed by atoms with Crippen molar-refractivity contribution in [3.8, 4) is 5.75 Å². The summed E-state index contributed by atoms with van der Waals surface area (Å²) in [6, 6.07) is 2.79. The molecule has 0 amide bonds. The summed E-state index contributed by atoms with van der Waals surface area (Å²) in [5.74, 6) is -0.0305. The van der Waals surface area contributed by atoms with E-state index in [2.05, 4.69) is 38.8 Å². The van der Waals surface area contributed by atoms with Crippen LogP contribution in [0.3, 0.4) is 0 Å². The van der Waals surface area contributed by atoms with E-state index < -0.39 is 5.82 Å². The van der Waals surface area contributed by atoms with Crippen LogP contribution in [0.15, 0.2) is 16.6 Å². The molecule has 0 heterocycles. The lowest BCUT2D eigenvalue weighted by Crippen LogP contribution is -2.52. The Kier molecular flexibility index (Phi) is 5.52. The van der Waals surface area contributed by atoms with Crippen molar-refractivity contribution in [2.24, 2.45) is 0 Å². The molecule has 1 saturated carbocycles. The summed E-state index contributed by atoms with van der Waals surface area (Å²) >= 11 is 12.6. The quantitative estimate of drug-likeness (QED) is 0.499. The first-order valence-corrected chi connectivity index (χ1v) is 8.18. The third kappa shape index (κ3) is 3.63. The van der Waals surface area contributed by atoms with Gasteiger partial charge in [0, 0.05) is 23.9 Å². The van der Waals surface area contributed by atoms with Crippen molar-refractivity contribution in [1.29, 1.82) is 0 Å². The molecule has 1 aromatic carbocycles. The zero-order valence-corrected chi connectivity index (χ0v) is 14.3. The molecule has 0 bridgehead atoms. The molecule has 19 heavy (non-hydrogen) atoms. The van der Waals surface area contributed by atoms with Crippen LogP contribution in [0, 0.1) is 5.82 Å². The minimum absolute atomic E-state index is 0.00518. The molecule has 0 aromatic heterocycles. The summed E-state index contributed by atoms with van der Waals surface area (Å²) in [5, 5.41) is 0.0741. The first kappa shape index (κ1) is 15.5. The standard InChI is InChI=1S/C13H14Br2ClFO2/c1-2-3-18-13-8(15)5-12(13)19-11-6-10(17)9(16)4-7(11)14/h4,6,8,12-13H,2-3,5H2,1H3. The van der Waals surface area contributed by atoms with Gasteiger partial charge in [0.1, 0.15) is 23.8 Å². The number of halogens is 4. The van der Waals surface area contributed by atoms with Crippen LogP contribution in [0.5, 0.6) is 5.75 Å². The van der Waals surface area contributed by atoms with Gasteiger partial charge in [-0.2, -0.15) is 0 Å². The molecule has 2 nitrogen and oxygen atoms in total. The van der Waals surface area contributed by atoms with Crippen molar-refractivity contribution in [2.45, 2.75) is 36.8 Å². The van der Waals surface area contributed by atoms with Gasteiger partial charge in [-0.25, -0.2) is 4.39 Å². The fraction of sp³-hybridized carbons (Fsp3) is 0.538. The van der Waals surface area contributed by atoms with Crippen LogP contribution in [-0.2, 0) is 4.74 Å². The molecule has 3 atom stereocenters. The average molecular weight is 417 g/mol. The molecular formula is C13H14Br2ClFO2. The number of alkyl halides is 1. The van der Waals surface area contributed by atoms with Gasteiger partial charge in [-0.15, -0.1) is 0 Å². The second kappa shape index (κ2) is 6.74.